The van der Waals surface area contributed by atoms with E-state index in [4.69, 9.17) is 5.73 Å². The molecule has 2 N–H and O–H groups in total. The average Bonchev–Trinajstić information content (AvgIpc) is 2.83. The number of non-ortho nitro benzene ring substituents is 1. The molecule has 0 spiro atoms. The number of aromatic nitrogens is 2. The molecule has 0 saturated heterocycles. The highest BCUT2D eigenvalue weighted by Gasteiger charge is 2.12. The second-order valence-corrected chi connectivity index (χ2v) is 4.10. The molecular formula is C13H10N4O2. The Labute approximate surface area is 108 Å². The van der Waals surface area contributed by atoms with Gasteiger partial charge in [-0.25, -0.2) is 4.98 Å². The predicted octanol–water partition coefficient (Wildman–Crippen LogP) is 2.52. The Morgan fingerprint density at radius 1 is 1.21 bits per heavy atom. The van der Waals surface area contributed by atoms with Gasteiger partial charge in [0.25, 0.3) is 5.69 Å². The van der Waals surface area contributed by atoms with E-state index in [1.807, 2.05) is 24.3 Å². The maximum atomic E-state index is 10.8. The lowest BCUT2D eigenvalue weighted by molar-refractivity contribution is -0.384. The summed E-state index contributed by atoms with van der Waals surface area (Å²) in [4.78, 5) is 14.6. The molecule has 1 aromatic heterocycles. The first-order chi connectivity index (χ1) is 9.16. The summed E-state index contributed by atoms with van der Waals surface area (Å²) >= 11 is 0. The van der Waals surface area contributed by atoms with E-state index in [-0.39, 0.29) is 5.69 Å². The van der Waals surface area contributed by atoms with Gasteiger partial charge in [0.05, 0.1) is 27.3 Å². The zero-order valence-electron chi connectivity index (χ0n) is 9.85. The lowest BCUT2D eigenvalue weighted by Gasteiger charge is -2.07. The van der Waals surface area contributed by atoms with Crippen LogP contribution in [0.25, 0.3) is 16.7 Å². The topological polar surface area (TPSA) is 87.0 Å². The van der Waals surface area contributed by atoms with Crippen molar-refractivity contribution >= 4 is 22.4 Å². The molecule has 1 heterocycles. The summed E-state index contributed by atoms with van der Waals surface area (Å²) in [7, 11) is 0. The third kappa shape index (κ3) is 1.79. The SMILES string of the molecule is Nc1ccc([N+](=O)[O-])cc1-n1cnc2ccccc21. The largest absolute Gasteiger partial charge is 0.397 e. The van der Waals surface area contributed by atoms with E-state index in [0.29, 0.717) is 11.4 Å². The Morgan fingerprint density at radius 3 is 2.79 bits per heavy atom. The van der Waals surface area contributed by atoms with Crippen LogP contribution in [-0.4, -0.2) is 14.5 Å². The summed E-state index contributed by atoms with van der Waals surface area (Å²) in [6.45, 7) is 0. The molecule has 3 rings (SSSR count). The number of para-hydroxylation sites is 2. The summed E-state index contributed by atoms with van der Waals surface area (Å²) in [6.07, 6.45) is 1.61. The fraction of sp³-hybridized carbons (Fsp3) is 0. The molecule has 6 nitrogen and oxygen atoms in total. The zero-order valence-corrected chi connectivity index (χ0v) is 9.85. The van der Waals surface area contributed by atoms with Gasteiger partial charge in [0, 0.05) is 12.1 Å². The average molecular weight is 254 g/mol. The number of benzene rings is 2. The van der Waals surface area contributed by atoms with Crippen molar-refractivity contribution in [1.29, 1.82) is 0 Å². The van der Waals surface area contributed by atoms with Crippen LogP contribution in [0.15, 0.2) is 48.8 Å². The number of anilines is 1. The summed E-state index contributed by atoms with van der Waals surface area (Å²) in [5, 5.41) is 10.8. The van der Waals surface area contributed by atoms with E-state index in [9.17, 15) is 10.1 Å². The Morgan fingerprint density at radius 2 is 2.00 bits per heavy atom. The molecule has 0 aliphatic rings. The van der Waals surface area contributed by atoms with Gasteiger partial charge in [-0.2, -0.15) is 0 Å². The number of hydrogen-bond acceptors (Lipinski definition) is 4. The van der Waals surface area contributed by atoms with E-state index in [0.717, 1.165) is 11.0 Å². The molecule has 0 unspecified atom stereocenters. The minimum atomic E-state index is -0.442. The number of nitrogens with two attached hydrogens (primary N) is 1. The first-order valence-electron chi connectivity index (χ1n) is 5.63. The van der Waals surface area contributed by atoms with E-state index in [2.05, 4.69) is 4.98 Å². The van der Waals surface area contributed by atoms with Crippen LogP contribution < -0.4 is 5.73 Å². The lowest BCUT2D eigenvalue weighted by Crippen LogP contribution is -2.00. The van der Waals surface area contributed by atoms with Gasteiger partial charge >= 0.3 is 0 Å². The predicted molar refractivity (Wildman–Crippen MR) is 72.1 cm³/mol. The number of nitro groups is 1. The number of fused-ring (bicyclic) bond motifs is 1. The van der Waals surface area contributed by atoms with Crippen molar-refractivity contribution in [2.75, 3.05) is 5.73 Å². The van der Waals surface area contributed by atoms with Crippen LogP contribution >= 0.6 is 0 Å². The van der Waals surface area contributed by atoms with Gasteiger partial charge in [0.2, 0.25) is 0 Å². The van der Waals surface area contributed by atoms with E-state index in [1.165, 1.54) is 18.2 Å². The number of nitrogens with zero attached hydrogens (tertiary/aromatic N) is 3. The van der Waals surface area contributed by atoms with Gasteiger partial charge in [-0.15, -0.1) is 0 Å². The van der Waals surface area contributed by atoms with Gasteiger partial charge < -0.3 is 5.73 Å². The number of rotatable bonds is 2. The van der Waals surface area contributed by atoms with Gasteiger partial charge in [-0.3, -0.25) is 14.7 Å². The Balaban J connectivity index is 2.26. The Kier molecular flexibility index (Phi) is 2.42. The second kappa shape index (κ2) is 4.09. The van der Waals surface area contributed by atoms with Crippen LogP contribution in [0.5, 0.6) is 0 Å². The standard InChI is InChI=1S/C13H10N4O2/c14-10-6-5-9(17(18)19)7-13(10)16-8-15-11-3-1-2-4-12(11)16/h1-8H,14H2. The molecular weight excluding hydrogens is 244 g/mol. The van der Waals surface area contributed by atoms with Crippen LogP contribution in [-0.2, 0) is 0 Å². The number of nitrogen functional groups attached to an aromatic ring is 1. The molecule has 0 aliphatic carbocycles. The van der Waals surface area contributed by atoms with E-state index in [1.54, 1.807) is 10.9 Å². The van der Waals surface area contributed by atoms with Crippen molar-refractivity contribution in [3.8, 4) is 5.69 Å². The molecule has 0 radical (unpaired) electrons. The smallest absolute Gasteiger partial charge is 0.271 e. The van der Waals surface area contributed by atoms with Crippen LogP contribution in [0.1, 0.15) is 0 Å². The Hall–Kier alpha value is -2.89. The fourth-order valence-corrected chi connectivity index (χ4v) is 2.01. The van der Waals surface area contributed by atoms with Gasteiger partial charge in [-0.1, -0.05) is 12.1 Å². The zero-order chi connectivity index (χ0) is 13.4. The van der Waals surface area contributed by atoms with Crippen molar-refractivity contribution in [2.45, 2.75) is 0 Å². The number of nitro benzene ring substituents is 1. The maximum Gasteiger partial charge on any atom is 0.271 e. The molecule has 6 heteroatoms. The normalized spacial score (nSPS) is 10.7. The summed E-state index contributed by atoms with van der Waals surface area (Å²) in [6, 6.07) is 11.9. The molecule has 0 bridgehead atoms. The van der Waals surface area contributed by atoms with Crippen molar-refractivity contribution in [3.63, 3.8) is 0 Å². The summed E-state index contributed by atoms with van der Waals surface area (Å²) in [5.74, 6) is 0. The van der Waals surface area contributed by atoms with Crippen molar-refractivity contribution in [3.05, 3.63) is 58.9 Å². The molecule has 2 aromatic carbocycles. The maximum absolute atomic E-state index is 10.8. The fourth-order valence-electron chi connectivity index (χ4n) is 2.01. The number of imidazole rings is 1. The van der Waals surface area contributed by atoms with Crippen LogP contribution in [0.2, 0.25) is 0 Å². The minimum absolute atomic E-state index is 0.00183. The molecule has 0 amide bonds. The quantitative estimate of drug-likeness (QED) is 0.432. The third-order valence-electron chi connectivity index (χ3n) is 2.94. The van der Waals surface area contributed by atoms with Crippen molar-refractivity contribution < 1.29 is 4.92 Å². The number of hydrogen-bond donors (Lipinski definition) is 1. The van der Waals surface area contributed by atoms with E-state index >= 15 is 0 Å². The monoisotopic (exact) mass is 254 g/mol. The highest BCUT2D eigenvalue weighted by Crippen LogP contribution is 2.26. The highest BCUT2D eigenvalue weighted by molar-refractivity contribution is 5.79. The van der Waals surface area contributed by atoms with E-state index < -0.39 is 4.92 Å². The lowest BCUT2D eigenvalue weighted by atomic mass is 10.2. The first kappa shape index (κ1) is 11.2. The molecule has 0 atom stereocenters. The Bertz CT molecular complexity index is 779. The van der Waals surface area contributed by atoms with Gasteiger partial charge in [-0.05, 0) is 18.2 Å². The van der Waals surface area contributed by atoms with Crippen LogP contribution in [0, 0.1) is 10.1 Å². The van der Waals surface area contributed by atoms with Gasteiger partial charge in [0.15, 0.2) is 0 Å². The van der Waals surface area contributed by atoms with Crippen molar-refractivity contribution in [1.82, 2.24) is 9.55 Å². The molecule has 3 aromatic rings. The molecule has 0 saturated carbocycles. The summed E-state index contributed by atoms with van der Waals surface area (Å²) in [5.41, 5.74) is 8.60. The molecule has 94 valence electrons. The molecule has 0 fully saturated rings. The van der Waals surface area contributed by atoms with Crippen molar-refractivity contribution in [2.24, 2.45) is 0 Å². The summed E-state index contributed by atoms with van der Waals surface area (Å²) < 4.78 is 1.75. The minimum Gasteiger partial charge on any atom is -0.397 e. The first-order valence-corrected chi connectivity index (χ1v) is 5.63. The molecule has 0 aliphatic heterocycles. The highest BCUT2D eigenvalue weighted by atomic mass is 16.6. The molecule has 19 heavy (non-hydrogen) atoms. The van der Waals surface area contributed by atoms with Crippen LogP contribution in [0.4, 0.5) is 11.4 Å². The van der Waals surface area contributed by atoms with Crippen LogP contribution in [0.3, 0.4) is 0 Å². The second-order valence-electron chi connectivity index (χ2n) is 4.10. The third-order valence-corrected chi connectivity index (χ3v) is 2.94. The van der Waals surface area contributed by atoms with Gasteiger partial charge in [0.1, 0.15) is 6.33 Å².